The number of thioether (sulfide) groups is 1. The third kappa shape index (κ3) is 4.16. The quantitative estimate of drug-likeness (QED) is 0.263. The van der Waals surface area contributed by atoms with Gasteiger partial charge in [-0.05, 0) is 35.7 Å². The van der Waals surface area contributed by atoms with E-state index in [4.69, 9.17) is 9.47 Å². The Kier molecular flexibility index (Phi) is 6.61. The number of ether oxygens (including phenoxy) is 2. The molecule has 0 saturated heterocycles. The van der Waals surface area contributed by atoms with E-state index in [-0.39, 0.29) is 29.3 Å². The highest BCUT2D eigenvalue weighted by Crippen LogP contribution is 2.46. The van der Waals surface area contributed by atoms with Gasteiger partial charge in [-0.25, -0.2) is 8.78 Å². The first-order chi connectivity index (χ1) is 19.3. The van der Waals surface area contributed by atoms with Crippen molar-refractivity contribution < 1.29 is 27.8 Å². The van der Waals surface area contributed by atoms with Gasteiger partial charge in [-0.2, -0.15) is 0 Å². The minimum atomic E-state index is -0.914. The molecule has 2 atom stereocenters. The molecule has 40 heavy (non-hydrogen) atoms. The van der Waals surface area contributed by atoms with Crippen molar-refractivity contribution in [2.45, 2.75) is 43.1 Å². The molecule has 3 aliphatic heterocycles. The maximum atomic E-state index is 15.4. The fraction of sp³-hybridized carbons (Fsp3) is 0.276. The summed E-state index contributed by atoms with van der Waals surface area (Å²) in [6.45, 7) is 2.69. The maximum Gasteiger partial charge on any atom is 0.305 e. The summed E-state index contributed by atoms with van der Waals surface area (Å²) in [4.78, 5) is 40.7. The Morgan fingerprint density at radius 3 is 2.75 bits per heavy atom. The summed E-state index contributed by atoms with van der Waals surface area (Å²) in [5, 5.41) is 1.94. The lowest BCUT2D eigenvalue weighted by Gasteiger charge is -2.51. The van der Waals surface area contributed by atoms with Crippen LogP contribution in [0.2, 0.25) is 0 Å². The van der Waals surface area contributed by atoms with Crippen LogP contribution in [-0.2, 0) is 15.3 Å². The standard InChI is InChI=1S/C29H25F2N3O5S/c1-16-13-20(30)25(31)19-14-40-22-8-4-3-7-18(22)26(24(16)19)34-23-9-5-6-11-32(23)29(37)27-28(39-15-38-17(2)35)21(36)10-12-33(27)34/h3-8,10,12-13,23,26H,9,11,14-15H2,1-2H3/t23-,26-/m1/s1. The van der Waals surface area contributed by atoms with Gasteiger partial charge in [0.2, 0.25) is 18.0 Å². The van der Waals surface area contributed by atoms with Crippen LogP contribution in [0.5, 0.6) is 5.75 Å². The molecule has 0 radical (unpaired) electrons. The van der Waals surface area contributed by atoms with Crippen LogP contribution in [0.1, 0.15) is 52.1 Å². The zero-order valence-electron chi connectivity index (χ0n) is 21.7. The number of pyridine rings is 1. The number of nitrogens with zero attached hydrogens (tertiary/aromatic N) is 3. The first kappa shape index (κ1) is 26.1. The second-order valence-electron chi connectivity index (χ2n) is 9.74. The lowest BCUT2D eigenvalue weighted by atomic mass is 9.89. The second-order valence-corrected chi connectivity index (χ2v) is 10.8. The topological polar surface area (TPSA) is 81.1 Å². The van der Waals surface area contributed by atoms with Crippen molar-refractivity contribution in [2.24, 2.45) is 0 Å². The van der Waals surface area contributed by atoms with Crippen LogP contribution < -0.4 is 15.2 Å². The number of rotatable bonds is 4. The number of hydrogen-bond acceptors (Lipinski definition) is 7. The average molecular weight is 566 g/mol. The lowest BCUT2D eigenvalue weighted by molar-refractivity contribution is -0.147. The fourth-order valence-corrected chi connectivity index (χ4v) is 6.78. The van der Waals surface area contributed by atoms with Crippen LogP contribution in [0.4, 0.5) is 8.78 Å². The summed E-state index contributed by atoms with van der Waals surface area (Å²) < 4.78 is 42.1. The molecule has 3 aliphatic rings. The fourth-order valence-electron chi connectivity index (χ4n) is 5.68. The Morgan fingerprint density at radius 1 is 1.15 bits per heavy atom. The van der Waals surface area contributed by atoms with Gasteiger partial charge in [-0.3, -0.25) is 24.1 Å². The average Bonchev–Trinajstić information content (AvgIpc) is 3.11. The van der Waals surface area contributed by atoms with E-state index < -0.39 is 47.9 Å². The second kappa shape index (κ2) is 10.1. The maximum absolute atomic E-state index is 15.4. The van der Waals surface area contributed by atoms with Crippen LogP contribution >= 0.6 is 11.8 Å². The number of fused-ring (bicyclic) bond motifs is 4. The molecule has 0 saturated carbocycles. The van der Waals surface area contributed by atoms with E-state index >= 15 is 4.39 Å². The highest BCUT2D eigenvalue weighted by molar-refractivity contribution is 7.98. The van der Waals surface area contributed by atoms with Crippen LogP contribution in [0, 0.1) is 18.6 Å². The molecule has 206 valence electrons. The molecular weight excluding hydrogens is 540 g/mol. The van der Waals surface area contributed by atoms with Crippen molar-refractivity contribution in [2.75, 3.05) is 18.3 Å². The summed E-state index contributed by atoms with van der Waals surface area (Å²) >= 11 is 1.42. The van der Waals surface area contributed by atoms with E-state index in [1.54, 1.807) is 16.5 Å². The number of amides is 1. The number of benzene rings is 2. The number of halogens is 2. The molecule has 0 bridgehead atoms. The molecule has 2 aromatic carbocycles. The van der Waals surface area contributed by atoms with Crippen molar-refractivity contribution in [3.8, 4) is 5.75 Å². The molecule has 8 nitrogen and oxygen atoms in total. The third-order valence-corrected chi connectivity index (χ3v) is 8.50. The summed E-state index contributed by atoms with van der Waals surface area (Å²) in [6, 6.07) is 9.50. The number of hydrogen-bond donors (Lipinski definition) is 0. The van der Waals surface area contributed by atoms with E-state index in [1.807, 2.05) is 41.4 Å². The van der Waals surface area contributed by atoms with E-state index in [0.717, 1.165) is 10.5 Å². The van der Waals surface area contributed by atoms with E-state index in [1.165, 1.54) is 37.0 Å². The zero-order chi connectivity index (χ0) is 28.1. The Balaban J connectivity index is 1.63. The van der Waals surface area contributed by atoms with Crippen LogP contribution in [0.25, 0.3) is 0 Å². The van der Waals surface area contributed by atoms with E-state index in [2.05, 4.69) is 0 Å². The molecule has 3 aromatic rings. The molecule has 0 aliphatic carbocycles. The molecule has 0 unspecified atom stereocenters. The Morgan fingerprint density at radius 2 is 1.95 bits per heavy atom. The number of esters is 1. The molecular formula is C29H25F2N3O5S. The molecule has 1 amide bonds. The van der Waals surface area contributed by atoms with Gasteiger partial charge in [0.05, 0.1) is 6.04 Å². The number of carbonyl (C=O) groups excluding carboxylic acids is 2. The third-order valence-electron chi connectivity index (χ3n) is 7.38. The number of aryl methyl sites for hydroxylation is 1. The van der Waals surface area contributed by atoms with Crippen molar-refractivity contribution >= 4 is 23.6 Å². The molecule has 1 aromatic heterocycles. The van der Waals surface area contributed by atoms with E-state index in [9.17, 15) is 18.8 Å². The number of aromatic nitrogens is 1. The largest absolute Gasteiger partial charge is 0.451 e. The van der Waals surface area contributed by atoms with Crippen LogP contribution in [0.15, 0.2) is 64.4 Å². The van der Waals surface area contributed by atoms with Gasteiger partial charge < -0.3 is 14.4 Å². The van der Waals surface area contributed by atoms with Gasteiger partial charge in [-0.15, -0.1) is 11.8 Å². The first-order valence-electron chi connectivity index (χ1n) is 12.7. The van der Waals surface area contributed by atoms with Gasteiger partial charge >= 0.3 is 5.97 Å². The lowest BCUT2D eigenvalue weighted by Crippen LogP contribution is -2.63. The van der Waals surface area contributed by atoms with Crippen molar-refractivity contribution in [3.05, 3.63) is 105 Å². The molecule has 0 fully saturated rings. The summed E-state index contributed by atoms with van der Waals surface area (Å²) in [5.74, 6) is -2.88. The Labute approximate surface area is 232 Å². The number of carbonyl (C=O) groups is 2. The zero-order valence-corrected chi connectivity index (χ0v) is 22.5. The van der Waals surface area contributed by atoms with Crippen LogP contribution in [0.3, 0.4) is 0 Å². The SMILES string of the molecule is CC(=O)OCOc1c2n(ccc1=O)N([C@@H]1c3ccccc3SCc3c(F)c(F)cc(C)c31)[C@@H]1CC=CCN1C2=O. The molecule has 0 N–H and O–H groups in total. The minimum absolute atomic E-state index is 0.0395. The van der Waals surface area contributed by atoms with Gasteiger partial charge in [-0.1, -0.05) is 30.4 Å². The van der Waals surface area contributed by atoms with E-state index in [0.29, 0.717) is 17.5 Å². The summed E-state index contributed by atoms with van der Waals surface area (Å²) in [6.07, 6.45) is 5.30. The highest BCUT2D eigenvalue weighted by atomic mass is 32.2. The van der Waals surface area contributed by atoms with Crippen molar-refractivity contribution in [1.82, 2.24) is 9.58 Å². The summed E-state index contributed by atoms with van der Waals surface area (Å²) in [7, 11) is 0. The normalized spacial score (nSPS) is 19.2. The Bertz CT molecular complexity index is 1640. The Hall–Kier alpha value is -4.12. The van der Waals surface area contributed by atoms with Crippen LogP contribution in [-0.4, -0.2) is 41.0 Å². The van der Waals surface area contributed by atoms with Gasteiger partial charge in [0, 0.05) is 48.4 Å². The highest BCUT2D eigenvalue weighted by Gasteiger charge is 2.45. The van der Waals surface area contributed by atoms with Crippen molar-refractivity contribution in [3.63, 3.8) is 0 Å². The molecule has 0 spiro atoms. The minimum Gasteiger partial charge on any atom is -0.451 e. The first-order valence-corrected chi connectivity index (χ1v) is 13.7. The molecule has 6 rings (SSSR count). The predicted molar refractivity (Wildman–Crippen MR) is 144 cm³/mol. The molecule has 4 heterocycles. The molecule has 11 heteroatoms. The van der Waals surface area contributed by atoms with Crippen molar-refractivity contribution in [1.29, 1.82) is 0 Å². The van der Waals surface area contributed by atoms with Gasteiger partial charge in [0.15, 0.2) is 17.3 Å². The van der Waals surface area contributed by atoms with Gasteiger partial charge in [0.25, 0.3) is 5.91 Å². The summed E-state index contributed by atoms with van der Waals surface area (Å²) in [5.41, 5.74) is 1.69. The smallest absolute Gasteiger partial charge is 0.305 e. The van der Waals surface area contributed by atoms with Gasteiger partial charge in [0.1, 0.15) is 6.17 Å². The monoisotopic (exact) mass is 565 g/mol. The predicted octanol–water partition coefficient (Wildman–Crippen LogP) is 4.41.